The van der Waals surface area contributed by atoms with E-state index in [1.165, 1.54) is 0 Å². The van der Waals surface area contributed by atoms with E-state index in [1.54, 1.807) is 30.9 Å². The van der Waals surface area contributed by atoms with E-state index in [1.807, 2.05) is 6.07 Å². The van der Waals surface area contributed by atoms with Crippen molar-refractivity contribution in [3.05, 3.63) is 36.9 Å². The maximum Gasteiger partial charge on any atom is 0.316 e. The van der Waals surface area contributed by atoms with Crippen molar-refractivity contribution < 1.29 is 9.47 Å². The number of anilines is 1. The summed E-state index contributed by atoms with van der Waals surface area (Å²) >= 11 is 0. The maximum absolute atomic E-state index is 6.09. The minimum atomic E-state index is -0.0363. The minimum Gasteiger partial charge on any atom is -0.463 e. The van der Waals surface area contributed by atoms with E-state index in [0.29, 0.717) is 18.5 Å². The summed E-state index contributed by atoms with van der Waals surface area (Å²) in [6.45, 7) is 3.21. The first-order valence-corrected chi connectivity index (χ1v) is 8.39. The molecule has 0 radical (unpaired) electrons. The van der Waals surface area contributed by atoms with Crippen molar-refractivity contribution in [3.63, 3.8) is 0 Å². The van der Waals surface area contributed by atoms with Crippen LogP contribution in [0.4, 0.5) is 5.95 Å². The molecule has 2 aromatic rings. The third kappa shape index (κ3) is 3.31. The van der Waals surface area contributed by atoms with E-state index < -0.39 is 0 Å². The molecule has 126 valence electrons. The maximum atomic E-state index is 6.09. The first kappa shape index (κ1) is 15.3. The SMILES string of the molecule is c1cnc(OCC[C@@H]2CCOC3(C2)CN(c2ncccn2)C3)nc1. The van der Waals surface area contributed by atoms with E-state index in [9.17, 15) is 0 Å². The summed E-state index contributed by atoms with van der Waals surface area (Å²) in [7, 11) is 0. The van der Waals surface area contributed by atoms with Crippen LogP contribution in [0.3, 0.4) is 0 Å². The van der Waals surface area contributed by atoms with Crippen LogP contribution in [0.5, 0.6) is 6.01 Å². The molecular formula is C17H21N5O2. The van der Waals surface area contributed by atoms with Crippen molar-refractivity contribution in [1.29, 1.82) is 0 Å². The predicted octanol–water partition coefficient (Wildman–Crippen LogP) is 1.72. The second-order valence-electron chi connectivity index (χ2n) is 6.46. The first-order valence-electron chi connectivity index (χ1n) is 8.39. The molecule has 0 aliphatic carbocycles. The van der Waals surface area contributed by atoms with Gasteiger partial charge in [-0.2, -0.15) is 0 Å². The second-order valence-corrected chi connectivity index (χ2v) is 6.46. The average Bonchev–Trinajstić information content (AvgIpc) is 2.61. The molecule has 7 nitrogen and oxygen atoms in total. The zero-order chi connectivity index (χ0) is 16.2. The van der Waals surface area contributed by atoms with Gasteiger partial charge in [-0.1, -0.05) is 0 Å². The van der Waals surface area contributed by atoms with Crippen LogP contribution in [0, 0.1) is 5.92 Å². The van der Waals surface area contributed by atoms with Gasteiger partial charge >= 0.3 is 6.01 Å². The lowest BCUT2D eigenvalue weighted by Crippen LogP contribution is -2.66. The fourth-order valence-electron chi connectivity index (χ4n) is 3.52. The lowest BCUT2D eigenvalue weighted by Gasteiger charge is -2.53. The van der Waals surface area contributed by atoms with Crippen molar-refractivity contribution in [2.24, 2.45) is 5.92 Å². The molecule has 4 rings (SSSR count). The molecule has 24 heavy (non-hydrogen) atoms. The Hall–Kier alpha value is -2.28. The Morgan fingerprint density at radius 2 is 1.79 bits per heavy atom. The lowest BCUT2D eigenvalue weighted by atomic mass is 9.79. The standard InChI is InChI=1S/C17H21N5O2/c1-5-18-15(19-6-1)22-12-17(13-22)11-14(4-10-24-17)3-9-23-16-20-7-2-8-21-16/h1-2,5-8,14H,3-4,9-13H2/t14-/m1/s1. The third-order valence-corrected chi connectivity index (χ3v) is 4.69. The Kier molecular flexibility index (Phi) is 4.25. The van der Waals surface area contributed by atoms with E-state index in [-0.39, 0.29) is 5.60 Å². The highest BCUT2D eigenvalue weighted by Crippen LogP contribution is 2.39. The van der Waals surface area contributed by atoms with Gasteiger partial charge in [-0.25, -0.2) is 19.9 Å². The van der Waals surface area contributed by atoms with Gasteiger partial charge in [0.1, 0.15) is 5.60 Å². The van der Waals surface area contributed by atoms with Crippen LogP contribution >= 0.6 is 0 Å². The Labute approximate surface area is 141 Å². The number of hydrogen-bond donors (Lipinski definition) is 0. The van der Waals surface area contributed by atoms with E-state index in [0.717, 1.165) is 44.9 Å². The molecular weight excluding hydrogens is 306 g/mol. The molecule has 1 spiro atoms. The quantitative estimate of drug-likeness (QED) is 0.828. The highest BCUT2D eigenvalue weighted by atomic mass is 16.5. The van der Waals surface area contributed by atoms with Crippen molar-refractivity contribution >= 4 is 5.95 Å². The van der Waals surface area contributed by atoms with Crippen molar-refractivity contribution in [3.8, 4) is 6.01 Å². The van der Waals surface area contributed by atoms with Gasteiger partial charge in [-0.15, -0.1) is 0 Å². The number of rotatable bonds is 5. The van der Waals surface area contributed by atoms with Crippen LogP contribution in [-0.4, -0.2) is 51.8 Å². The average molecular weight is 327 g/mol. The van der Waals surface area contributed by atoms with Crippen LogP contribution in [0.1, 0.15) is 19.3 Å². The number of aromatic nitrogens is 4. The molecule has 0 aromatic carbocycles. The van der Waals surface area contributed by atoms with Crippen LogP contribution in [0.2, 0.25) is 0 Å². The largest absolute Gasteiger partial charge is 0.463 e. The highest BCUT2D eigenvalue weighted by Gasteiger charge is 2.48. The second kappa shape index (κ2) is 6.68. The third-order valence-electron chi connectivity index (χ3n) is 4.69. The van der Waals surface area contributed by atoms with Crippen molar-refractivity contribution in [2.75, 3.05) is 31.2 Å². The Morgan fingerprint density at radius 3 is 2.54 bits per heavy atom. The number of nitrogens with zero attached hydrogens (tertiary/aromatic N) is 5. The molecule has 0 bridgehead atoms. The summed E-state index contributed by atoms with van der Waals surface area (Å²) in [6, 6.07) is 4.08. The molecule has 0 unspecified atom stereocenters. The summed E-state index contributed by atoms with van der Waals surface area (Å²) in [5.41, 5.74) is -0.0363. The van der Waals surface area contributed by atoms with Gasteiger partial charge in [0, 0.05) is 31.4 Å². The normalized spacial score (nSPS) is 22.2. The molecule has 7 heteroatoms. The minimum absolute atomic E-state index is 0.0363. The van der Waals surface area contributed by atoms with E-state index in [2.05, 4.69) is 24.8 Å². The molecule has 0 amide bonds. The molecule has 0 saturated carbocycles. The monoisotopic (exact) mass is 327 g/mol. The molecule has 1 atom stereocenters. The topological polar surface area (TPSA) is 73.3 Å². The Morgan fingerprint density at radius 1 is 1.08 bits per heavy atom. The van der Waals surface area contributed by atoms with Gasteiger partial charge in [0.15, 0.2) is 0 Å². The van der Waals surface area contributed by atoms with E-state index >= 15 is 0 Å². The predicted molar refractivity (Wildman–Crippen MR) is 87.8 cm³/mol. The van der Waals surface area contributed by atoms with Gasteiger partial charge in [0.25, 0.3) is 0 Å². The summed E-state index contributed by atoms with van der Waals surface area (Å²) in [5, 5.41) is 0. The molecule has 0 N–H and O–H groups in total. The fraction of sp³-hybridized carbons (Fsp3) is 0.529. The van der Waals surface area contributed by atoms with Gasteiger partial charge < -0.3 is 14.4 Å². The zero-order valence-electron chi connectivity index (χ0n) is 13.5. The van der Waals surface area contributed by atoms with Gasteiger partial charge in [-0.05, 0) is 37.3 Å². The summed E-state index contributed by atoms with van der Waals surface area (Å²) in [4.78, 5) is 19.0. The highest BCUT2D eigenvalue weighted by molar-refractivity contribution is 5.37. The van der Waals surface area contributed by atoms with Gasteiger partial charge in [0.05, 0.1) is 19.7 Å². The Bertz CT molecular complexity index is 649. The summed E-state index contributed by atoms with van der Waals surface area (Å²) in [5.74, 6) is 1.40. The molecule has 4 heterocycles. The van der Waals surface area contributed by atoms with Crippen LogP contribution in [-0.2, 0) is 4.74 Å². The molecule has 2 aromatic heterocycles. The van der Waals surface area contributed by atoms with Gasteiger partial charge in [-0.3, -0.25) is 0 Å². The van der Waals surface area contributed by atoms with Crippen molar-refractivity contribution in [1.82, 2.24) is 19.9 Å². The van der Waals surface area contributed by atoms with E-state index in [4.69, 9.17) is 9.47 Å². The molecule has 2 fully saturated rings. The summed E-state index contributed by atoms with van der Waals surface area (Å²) < 4.78 is 11.7. The number of ether oxygens (including phenoxy) is 2. The lowest BCUT2D eigenvalue weighted by molar-refractivity contribution is -0.115. The zero-order valence-corrected chi connectivity index (χ0v) is 13.5. The molecule has 2 saturated heterocycles. The van der Waals surface area contributed by atoms with Crippen LogP contribution < -0.4 is 9.64 Å². The van der Waals surface area contributed by atoms with Crippen molar-refractivity contribution in [2.45, 2.75) is 24.9 Å². The summed E-state index contributed by atoms with van der Waals surface area (Å²) in [6.07, 6.45) is 10.1. The van der Waals surface area contributed by atoms with Crippen LogP contribution in [0.25, 0.3) is 0 Å². The first-order chi connectivity index (χ1) is 11.8. The number of hydrogen-bond acceptors (Lipinski definition) is 7. The molecule has 2 aliphatic rings. The van der Waals surface area contributed by atoms with Crippen LogP contribution in [0.15, 0.2) is 36.9 Å². The molecule has 2 aliphatic heterocycles. The Balaban J connectivity index is 1.26. The van der Waals surface area contributed by atoms with Gasteiger partial charge in [0.2, 0.25) is 5.95 Å². The fourth-order valence-corrected chi connectivity index (χ4v) is 3.52. The smallest absolute Gasteiger partial charge is 0.316 e.